The van der Waals surface area contributed by atoms with Crippen LogP contribution in [0.3, 0.4) is 0 Å². The fourth-order valence-electron chi connectivity index (χ4n) is 3.81. The van der Waals surface area contributed by atoms with Crippen LogP contribution in [0.25, 0.3) is 0 Å². The molecule has 1 aromatic rings. The molecule has 2 aliphatic rings. The van der Waals surface area contributed by atoms with Crippen LogP contribution in [0.5, 0.6) is 0 Å². The van der Waals surface area contributed by atoms with E-state index in [-0.39, 0.29) is 5.56 Å². The second-order valence-electron chi connectivity index (χ2n) is 6.69. The molecule has 2 aliphatic carbocycles. The van der Waals surface area contributed by atoms with E-state index in [4.69, 9.17) is 0 Å². The molecule has 0 N–H and O–H groups in total. The Morgan fingerprint density at radius 1 is 1.29 bits per heavy atom. The Kier molecular flexibility index (Phi) is 4.22. The summed E-state index contributed by atoms with van der Waals surface area (Å²) >= 11 is 0. The lowest BCUT2D eigenvalue weighted by Crippen LogP contribution is -2.28. The number of hydrogen-bond donors (Lipinski definition) is 0. The Bertz CT molecular complexity index is 585. The first-order valence-corrected chi connectivity index (χ1v) is 8.22. The van der Waals surface area contributed by atoms with Gasteiger partial charge in [0, 0.05) is 25.5 Å². The largest absolute Gasteiger partial charge is 0.299 e. The van der Waals surface area contributed by atoms with Crippen molar-refractivity contribution in [2.45, 2.75) is 57.8 Å². The highest BCUT2D eigenvalue weighted by molar-refractivity contribution is 5.81. The van der Waals surface area contributed by atoms with E-state index < -0.39 is 0 Å². The summed E-state index contributed by atoms with van der Waals surface area (Å²) in [7, 11) is 1.70. The molecule has 4 heteroatoms. The SMILES string of the molecule is Cn1nc2c(cc1=O)CC(CC(=O)C1CCCCC1)CC2. The molecule has 0 bridgehead atoms. The highest BCUT2D eigenvalue weighted by atomic mass is 16.1. The van der Waals surface area contributed by atoms with E-state index in [0.717, 1.165) is 43.4 Å². The maximum Gasteiger partial charge on any atom is 0.266 e. The number of nitrogens with zero attached hydrogens (tertiary/aromatic N) is 2. The first kappa shape index (κ1) is 14.5. The molecule has 3 rings (SSSR count). The highest BCUT2D eigenvalue weighted by Crippen LogP contribution is 2.30. The Labute approximate surface area is 125 Å². The van der Waals surface area contributed by atoms with Crippen molar-refractivity contribution in [2.75, 3.05) is 0 Å². The fourth-order valence-corrected chi connectivity index (χ4v) is 3.81. The van der Waals surface area contributed by atoms with Gasteiger partial charge in [0.1, 0.15) is 5.78 Å². The number of ketones is 1. The molecule has 0 aliphatic heterocycles. The van der Waals surface area contributed by atoms with E-state index >= 15 is 0 Å². The highest BCUT2D eigenvalue weighted by Gasteiger charge is 2.27. The normalized spacial score (nSPS) is 22.8. The lowest BCUT2D eigenvalue weighted by molar-refractivity contribution is -0.124. The topological polar surface area (TPSA) is 52.0 Å². The molecule has 0 spiro atoms. The minimum absolute atomic E-state index is 0.0481. The number of rotatable bonds is 3. The van der Waals surface area contributed by atoms with Gasteiger partial charge in [-0.15, -0.1) is 0 Å². The first-order chi connectivity index (χ1) is 10.1. The number of fused-ring (bicyclic) bond motifs is 1. The number of hydrogen-bond acceptors (Lipinski definition) is 3. The zero-order chi connectivity index (χ0) is 14.8. The van der Waals surface area contributed by atoms with Gasteiger partial charge in [0.25, 0.3) is 5.56 Å². The summed E-state index contributed by atoms with van der Waals surface area (Å²) in [6.45, 7) is 0. The quantitative estimate of drug-likeness (QED) is 0.858. The first-order valence-electron chi connectivity index (χ1n) is 8.22. The van der Waals surface area contributed by atoms with Crippen LogP contribution in [-0.2, 0) is 24.7 Å². The molecule has 4 nitrogen and oxygen atoms in total. The Balaban J connectivity index is 1.64. The smallest absolute Gasteiger partial charge is 0.266 e. The average molecular weight is 288 g/mol. The monoisotopic (exact) mass is 288 g/mol. The molecule has 21 heavy (non-hydrogen) atoms. The molecule has 0 aromatic carbocycles. The van der Waals surface area contributed by atoms with Crippen molar-refractivity contribution >= 4 is 5.78 Å². The third-order valence-electron chi connectivity index (χ3n) is 5.11. The minimum Gasteiger partial charge on any atom is -0.299 e. The van der Waals surface area contributed by atoms with Crippen LogP contribution in [0, 0.1) is 11.8 Å². The third kappa shape index (κ3) is 3.25. The maximum absolute atomic E-state index is 12.4. The molecule has 1 unspecified atom stereocenters. The van der Waals surface area contributed by atoms with Crippen molar-refractivity contribution in [2.24, 2.45) is 18.9 Å². The molecule has 0 saturated heterocycles. The lowest BCUT2D eigenvalue weighted by atomic mass is 9.79. The predicted molar refractivity (Wildman–Crippen MR) is 81.2 cm³/mol. The minimum atomic E-state index is -0.0481. The zero-order valence-electron chi connectivity index (χ0n) is 12.8. The van der Waals surface area contributed by atoms with Crippen molar-refractivity contribution in [3.63, 3.8) is 0 Å². The van der Waals surface area contributed by atoms with Gasteiger partial charge in [-0.1, -0.05) is 19.3 Å². The van der Waals surface area contributed by atoms with Gasteiger partial charge >= 0.3 is 0 Å². The maximum atomic E-state index is 12.4. The van der Waals surface area contributed by atoms with E-state index in [9.17, 15) is 9.59 Å². The van der Waals surface area contributed by atoms with E-state index in [0.29, 0.717) is 24.0 Å². The van der Waals surface area contributed by atoms with Gasteiger partial charge in [-0.05, 0) is 43.6 Å². The van der Waals surface area contributed by atoms with Gasteiger partial charge < -0.3 is 0 Å². The van der Waals surface area contributed by atoms with Gasteiger partial charge in [0.15, 0.2) is 0 Å². The third-order valence-corrected chi connectivity index (χ3v) is 5.11. The second kappa shape index (κ2) is 6.12. The van der Waals surface area contributed by atoms with Crippen LogP contribution in [-0.4, -0.2) is 15.6 Å². The van der Waals surface area contributed by atoms with E-state index in [2.05, 4.69) is 5.10 Å². The predicted octanol–water partition coefficient (Wildman–Crippen LogP) is 2.42. The van der Waals surface area contributed by atoms with Crippen LogP contribution >= 0.6 is 0 Å². The molecule has 0 radical (unpaired) electrons. The van der Waals surface area contributed by atoms with Crippen LogP contribution in [0.1, 0.15) is 56.2 Å². The van der Waals surface area contributed by atoms with Crippen molar-refractivity contribution in [3.8, 4) is 0 Å². The number of aryl methyl sites for hydroxylation is 2. The molecular weight excluding hydrogens is 264 g/mol. The number of Topliss-reactive ketones (excluding diaryl/α,β-unsaturated/α-hetero) is 1. The summed E-state index contributed by atoms with van der Waals surface area (Å²) in [5.41, 5.74) is 2.05. The fraction of sp³-hybridized carbons (Fsp3) is 0.706. The Hall–Kier alpha value is -1.45. The van der Waals surface area contributed by atoms with Crippen LogP contribution in [0.15, 0.2) is 10.9 Å². The standard InChI is InChI=1S/C17H24N2O2/c1-19-17(21)11-14-9-12(7-8-15(14)18-19)10-16(20)13-5-3-2-4-6-13/h11-13H,2-10H2,1H3. The van der Waals surface area contributed by atoms with Gasteiger partial charge in [-0.3, -0.25) is 9.59 Å². The number of carbonyl (C=O) groups excluding carboxylic acids is 1. The summed E-state index contributed by atoms with van der Waals surface area (Å²) in [5, 5.41) is 4.34. The van der Waals surface area contributed by atoms with E-state index in [1.807, 2.05) is 0 Å². The second-order valence-corrected chi connectivity index (χ2v) is 6.69. The summed E-state index contributed by atoms with van der Waals surface area (Å²) in [6.07, 6.45) is 9.34. The van der Waals surface area contributed by atoms with Crippen molar-refractivity contribution in [3.05, 3.63) is 27.7 Å². The van der Waals surface area contributed by atoms with Crippen molar-refractivity contribution in [1.29, 1.82) is 0 Å². The summed E-state index contributed by atoms with van der Waals surface area (Å²) in [4.78, 5) is 24.1. The summed E-state index contributed by atoms with van der Waals surface area (Å²) < 4.78 is 1.41. The molecule has 1 aromatic heterocycles. The molecule has 0 amide bonds. The molecule has 1 saturated carbocycles. The van der Waals surface area contributed by atoms with Crippen molar-refractivity contribution in [1.82, 2.24) is 9.78 Å². The average Bonchev–Trinajstić information content (AvgIpc) is 2.49. The number of aromatic nitrogens is 2. The molecular formula is C17H24N2O2. The molecule has 1 heterocycles. The Morgan fingerprint density at radius 2 is 2.05 bits per heavy atom. The van der Waals surface area contributed by atoms with Gasteiger partial charge in [0.2, 0.25) is 0 Å². The van der Waals surface area contributed by atoms with E-state index in [1.165, 1.54) is 23.9 Å². The zero-order valence-corrected chi connectivity index (χ0v) is 12.8. The van der Waals surface area contributed by atoms with Crippen LogP contribution in [0.2, 0.25) is 0 Å². The van der Waals surface area contributed by atoms with Gasteiger partial charge in [-0.2, -0.15) is 5.10 Å². The van der Waals surface area contributed by atoms with Gasteiger partial charge in [0.05, 0.1) is 5.69 Å². The lowest BCUT2D eigenvalue weighted by Gasteiger charge is -2.26. The van der Waals surface area contributed by atoms with Crippen LogP contribution in [0.4, 0.5) is 0 Å². The number of carbonyl (C=O) groups is 1. The van der Waals surface area contributed by atoms with Crippen LogP contribution < -0.4 is 5.56 Å². The summed E-state index contributed by atoms with van der Waals surface area (Å²) in [5.74, 6) is 1.17. The summed E-state index contributed by atoms with van der Waals surface area (Å²) in [6, 6.07) is 1.71. The van der Waals surface area contributed by atoms with Gasteiger partial charge in [-0.25, -0.2) is 4.68 Å². The molecule has 114 valence electrons. The van der Waals surface area contributed by atoms with Crippen molar-refractivity contribution < 1.29 is 4.79 Å². The molecule has 1 atom stereocenters. The molecule has 1 fully saturated rings. The Morgan fingerprint density at radius 3 is 2.81 bits per heavy atom. The van der Waals surface area contributed by atoms with E-state index in [1.54, 1.807) is 13.1 Å².